The van der Waals surface area contributed by atoms with Crippen LogP contribution >= 0.6 is 0 Å². The predicted molar refractivity (Wildman–Crippen MR) is 96.0 cm³/mol. The van der Waals surface area contributed by atoms with E-state index in [0.29, 0.717) is 5.82 Å². The van der Waals surface area contributed by atoms with Gasteiger partial charge in [0.25, 0.3) is 6.43 Å². The van der Waals surface area contributed by atoms with Crippen LogP contribution in [0.4, 0.5) is 23.8 Å². The Hall–Kier alpha value is -2.37. The van der Waals surface area contributed by atoms with Crippen molar-refractivity contribution in [3.8, 4) is 0 Å². The minimum Gasteiger partial charge on any atom is -0.324 e. The van der Waals surface area contributed by atoms with E-state index in [2.05, 4.69) is 20.6 Å². The molecular weight excluding hydrogens is 397 g/mol. The monoisotopic (exact) mass is 418 g/mol. The second kappa shape index (κ2) is 7.94. The highest BCUT2D eigenvalue weighted by Gasteiger charge is 2.44. The Bertz CT molecular complexity index is 847. The minimum atomic E-state index is -2.94. The van der Waals surface area contributed by atoms with Gasteiger partial charge in [0.1, 0.15) is 11.5 Å². The summed E-state index contributed by atoms with van der Waals surface area (Å²) in [5, 5.41) is 10.4. The molecule has 3 heterocycles. The quantitative estimate of drug-likeness (QED) is 0.781. The van der Waals surface area contributed by atoms with Crippen LogP contribution in [-0.4, -0.2) is 53.2 Å². The third-order valence-electron chi connectivity index (χ3n) is 4.84. The van der Waals surface area contributed by atoms with Crippen LogP contribution in [0.2, 0.25) is 0 Å². The Morgan fingerprint density at radius 1 is 1.43 bits per heavy atom. The fourth-order valence-electron chi connectivity index (χ4n) is 3.26. The van der Waals surface area contributed by atoms with Gasteiger partial charge in [0.05, 0.1) is 21.9 Å². The molecule has 1 aliphatic rings. The molecule has 8 nitrogen and oxygen atoms in total. The number of hydrogen-bond donors (Lipinski definition) is 2. The predicted octanol–water partition coefficient (Wildman–Crippen LogP) is 2.82. The molecule has 1 aliphatic heterocycles. The summed E-state index contributed by atoms with van der Waals surface area (Å²) in [6.45, 7) is 1.68. The van der Waals surface area contributed by atoms with Gasteiger partial charge in [-0.3, -0.25) is 19.3 Å². The first kappa shape index (κ1) is 20.4. The maximum Gasteiger partial charge on any atom is 0.322 e. The number of carbonyl (C=O) groups is 1. The maximum absolute atomic E-state index is 15.4. The number of nitrogens with zero attached hydrogens (tertiary/aromatic N) is 4. The second-order valence-corrected chi connectivity index (χ2v) is 8.54. The van der Waals surface area contributed by atoms with Crippen molar-refractivity contribution in [2.75, 3.05) is 18.4 Å². The van der Waals surface area contributed by atoms with E-state index >= 15 is 4.39 Å². The molecule has 1 saturated heterocycles. The summed E-state index contributed by atoms with van der Waals surface area (Å²) in [4.78, 5) is 13.4. The first-order valence-corrected chi connectivity index (χ1v) is 9.83. The lowest BCUT2D eigenvalue weighted by molar-refractivity contribution is 0.120. The van der Waals surface area contributed by atoms with Crippen LogP contribution in [0, 0.1) is 5.92 Å². The van der Waals surface area contributed by atoms with Gasteiger partial charge in [-0.25, -0.2) is 18.0 Å². The molecule has 154 valence electrons. The number of carbonyl (C=O) groups excluding carboxylic acids is 1. The normalized spacial score (nSPS) is 18.9. The lowest BCUT2D eigenvalue weighted by Gasteiger charge is -2.37. The largest absolute Gasteiger partial charge is 0.324 e. The van der Waals surface area contributed by atoms with Crippen molar-refractivity contribution in [3.05, 3.63) is 24.2 Å². The van der Waals surface area contributed by atoms with Gasteiger partial charge < -0.3 is 4.90 Å². The molecule has 2 atom stereocenters. The van der Waals surface area contributed by atoms with Crippen molar-refractivity contribution in [2.45, 2.75) is 36.1 Å². The number of rotatable bonds is 5. The zero-order valence-corrected chi connectivity index (χ0v) is 16.2. The fraction of sp³-hybridized carbons (Fsp3) is 0.562. The number of H-pyrrole nitrogens is 1. The highest BCUT2D eigenvalue weighted by molar-refractivity contribution is 7.86. The molecule has 0 bridgehead atoms. The smallest absolute Gasteiger partial charge is 0.322 e. The van der Waals surface area contributed by atoms with Crippen LogP contribution in [0.3, 0.4) is 0 Å². The number of piperidine rings is 1. The average molecular weight is 418 g/mol. The van der Waals surface area contributed by atoms with Gasteiger partial charge in [-0.05, 0) is 19.8 Å². The molecule has 28 heavy (non-hydrogen) atoms. The number of alkyl halides is 3. The Kier molecular flexibility index (Phi) is 5.77. The number of likely N-dealkylation sites (tertiary alicyclic amines) is 1. The molecule has 0 aliphatic carbocycles. The number of aromatic nitrogens is 4. The number of anilines is 1. The Labute approximate surface area is 161 Å². The first-order valence-electron chi connectivity index (χ1n) is 8.68. The maximum atomic E-state index is 15.4. The first-order chi connectivity index (χ1) is 13.2. The van der Waals surface area contributed by atoms with Crippen LogP contribution in [0.1, 0.15) is 31.9 Å². The molecule has 1 unspecified atom stereocenters. The Morgan fingerprint density at radius 3 is 2.68 bits per heavy atom. The van der Waals surface area contributed by atoms with Crippen molar-refractivity contribution >= 4 is 22.6 Å². The van der Waals surface area contributed by atoms with E-state index in [9.17, 15) is 17.8 Å². The Balaban J connectivity index is 1.65. The van der Waals surface area contributed by atoms with E-state index in [-0.39, 0.29) is 36.9 Å². The van der Waals surface area contributed by atoms with E-state index in [1.165, 1.54) is 24.3 Å². The van der Waals surface area contributed by atoms with Crippen molar-refractivity contribution in [2.24, 2.45) is 13.0 Å². The number of urea groups is 1. The molecule has 0 spiro atoms. The number of hydrogen-bond acceptors (Lipinski definition) is 4. The van der Waals surface area contributed by atoms with Crippen LogP contribution < -0.4 is 5.32 Å². The van der Waals surface area contributed by atoms with Crippen LogP contribution in [-0.2, 0) is 17.8 Å². The zero-order valence-electron chi connectivity index (χ0n) is 15.4. The van der Waals surface area contributed by atoms with Crippen LogP contribution in [0.15, 0.2) is 23.4 Å². The number of aryl methyl sites for hydroxylation is 1. The molecule has 3 rings (SSSR count). The molecule has 0 aromatic carbocycles. The third kappa shape index (κ3) is 4.05. The van der Waals surface area contributed by atoms with E-state index in [1.807, 2.05) is 0 Å². The minimum absolute atomic E-state index is 0.260. The average Bonchev–Trinajstić information content (AvgIpc) is 3.30. The van der Waals surface area contributed by atoms with E-state index in [4.69, 9.17) is 0 Å². The van der Waals surface area contributed by atoms with E-state index < -0.39 is 33.8 Å². The van der Waals surface area contributed by atoms with Crippen molar-refractivity contribution in [1.82, 2.24) is 24.9 Å². The summed E-state index contributed by atoms with van der Waals surface area (Å²) in [6.07, 6.45) is 0.253. The Morgan fingerprint density at radius 2 is 2.11 bits per heavy atom. The van der Waals surface area contributed by atoms with E-state index in [0.717, 1.165) is 11.6 Å². The SMILES string of the molecule is Cn1cc(S(=O)[C@@](C)(F)C2CCN(C(=O)Nc3ccn[nH]3)CC2)c(C(F)F)n1. The number of halogens is 3. The van der Waals surface area contributed by atoms with Crippen LogP contribution in [0.25, 0.3) is 0 Å². The summed E-state index contributed by atoms with van der Waals surface area (Å²) in [7, 11) is -0.897. The van der Waals surface area contributed by atoms with Gasteiger partial charge in [-0.15, -0.1) is 0 Å². The lowest BCUT2D eigenvalue weighted by atomic mass is 9.92. The zero-order chi connectivity index (χ0) is 20.5. The molecule has 2 aromatic heterocycles. The van der Waals surface area contributed by atoms with Gasteiger partial charge in [0, 0.05) is 38.3 Å². The standard InChI is InChI=1S/C16H21F3N6O2S/c1-16(19,28(27)11-9-24(2)23-13(11)14(17)18)10-4-7-25(8-5-10)15(26)21-12-3-6-20-22-12/h3,6,9-10,14H,4-5,7-8H2,1-2H3,(H2,20,21,22,26)/t16-,28?/m1/s1. The van der Waals surface area contributed by atoms with Gasteiger partial charge in [-0.1, -0.05) is 0 Å². The van der Waals surface area contributed by atoms with Crippen molar-refractivity contribution < 1.29 is 22.2 Å². The summed E-state index contributed by atoms with van der Waals surface area (Å²) in [6, 6.07) is 1.25. The van der Waals surface area contributed by atoms with Crippen LogP contribution in [0.5, 0.6) is 0 Å². The van der Waals surface area contributed by atoms with Gasteiger partial charge in [-0.2, -0.15) is 10.2 Å². The second-order valence-electron chi connectivity index (χ2n) is 6.77. The van der Waals surface area contributed by atoms with Gasteiger partial charge >= 0.3 is 6.03 Å². The van der Waals surface area contributed by atoms with Gasteiger partial charge in [0.2, 0.25) is 0 Å². The molecule has 12 heteroatoms. The molecular formula is C16H21F3N6O2S. The summed E-state index contributed by atoms with van der Waals surface area (Å²) < 4.78 is 55.6. The number of amides is 2. The topological polar surface area (TPSA) is 95.9 Å². The van der Waals surface area contributed by atoms with E-state index in [1.54, 1.807) is 6.07 Å². The molecule has 1 fully saturated rings. The highest BCUT2D eigenvalue weighted by atomic mass is 32.2. The van der Waals surface area contributed by atoms with Crippen molar-refractivity contribution in [3.63, 3.8) is 0 Å². The molecule has 2 N–H and O–H groups in total. The van der Waals surface area contributed by atoms with Gasteiger partial charge in [0.15, 0.2) is 5.00 Å². The summed E-state index contributed by atoms with van der Waals surface area (Å²) in [5.41, 5.74) is -0.666. The summed E-state index contributed by atoms with van der Waals surface area (Å²) >= 11 is 0. The highest BCUT2D eigenvalue weighted by Crippen LogP contribution is 2.39. The number of aromatic amines is 1. The molecule has 0 saturated carbocycles. The third-order valence-corrected chi connectivity index (χ3v) is 6.62. The molecule has 2 amide bonds. The molecule has 0 radical (unpaired) electrons. The van der Waals surface area contributed by atoms with Crippen molar-refractivity contribution in [1.29, 1.82) is 0 Å². The molecule has 2 aromatic rings. The fourth-order valence-corrected chi connectivity index (χ4v) is 4.80. The number of nitrogens with one attached hydrogen (secondary N) is 2. The lowest BCUT2D eigenvalue weighted by Crippen LogP contribution is -2.46. The summed E-state index contributed by atoms with van der Waals surface area (Å²) in [5.74, 6) is -0.199.